The number of aromatic nitrogens is 1. The van der Waals surface area contributed by atoms with Gasteiger partial charge in [0.05, 0.1) is 11.1 Å². The molecule has 1 atom stereocenters. The Morgan fingerprint density at radius 3 is 2.14 bits per heavy atom. The van der Waals surface area contributed by atoms with Crippen molar-refractivity contribution in [3.05, 3.63) is 40.5 Å². The van der Waals surface area contributed by atoms with Crippen LogP contribution in [0.5, 0.6) is 0 Å². The van der Waals surface area contributed by atoms with E-state index in [1.54, 1.807) is 13.1 Å². The van der Waals surface area contributed by atoms with Crippen LogP contribution in [-0.4, -0.2) is 23.7 Å². The maximum absolute atomic E-state index is 13.5. The smallest absolute Gasteiger partial charge is 0.396 e. The first-order valence-electron chi connectivity index (χ1n) is 12.9. The molecular formula is C29H45F3N2O. The first-order valence-corrected chi connectivity index (χ1v) is 12.9. The number of fused-ring (bicyclic) bond motifs is 1. The average Bonchev–Trinajstić information content (AvgIpc) is 2.81. The van der Waals surface area contributed by atoms with E-state index in [2.05, 4.69) is 24.1 Å². The Morgan fingerprint density at radius 2 is 1.63 bits per heavy atom. The number of unbranched alkanes of at least 4 members (excludes halogenated alkanes) is 5. The summed E-state index contributed by atoms with van der Waals surface area (Å²) in [6, 6.07) is 4.53. The van der Waals surface area contributed by atoms with Crippen LogP contribution < -0.4 is 5.32 Å². The van der Waals surface area contributed by atoms with E-state index in [1.165, 1.54) is 44.9 Å². The van der Waals surface area contributed by atoms with Crippen molar-refractivity contribution in [2.75, 3.05) is 19.0 Å². The summed E-state index contributed by atoms with van der Waals surface area (Å²) in [6.45, 7) is 12.5. The third-order valence-corrected chi connectivity index (χ3v) is 6.67. The van der Waals surface area contributed by atoms with Crippen molar-refractivity contribution in [2.45, 2.75) is 99.1 Å². The van der Waals surface area contributed by atoms with E-state index in [0.29, 0.717) is 17.7 Å². The molecule has 2 N–H and O–H groups in total. The molecule has 0 spiro atoms. The zero-order valence-corrected chi connectivity index (χ0v) is 22.7. The van der Waals surface area contributed by atoms with Crippen molar-refractivity contribution in [1.82, 2.24) is 4.98 Å². The molecule has 1 aromatic heterocycles. The van der Waals surface area contributed by atoms with Crippen LogP contribution >= 0.6 is 0 Å². The van der Waals surface area contributed by atoms with Crippen molar-refractivity contribution in [3.63, 3.8) is 0 Å². The van der Waals surface area contributed by atoms with E-state index in [-0.39, 0.29) is 11.2 Å². The molecule has 0 saturated carbocycles. The van der Waals surface area contributed by atoms with E-state index >= 15 is 0 Å². The van der Waals surface area contributed by atoms with Crippen molar-refractivity contribution in [2.24, 2.45) is 5.92 Å². The Morgan fingerprint density at radius 1 is 1.03 bits per heavy atom. The van der Waals surface area contributed by atoms with Crippen LogP contribution in [-0.2, 0) is 6.18 Å². The molecule has 0 bridgehead atoms. The van der Waals surface area contributed by atoms with Gasteiger partial charge in [0.15, 0.2) is 0 Å². The molecule has 1 unspecified atom stereocenters. The Bertz CT molecular complexity index is 947. The lowest BCUT2D eigenvalue weighted by Crippen LogP contribution is -2.10. The van der Waals surface area contributed by atoms with E-state index < -0.39 is 11.7 Å². The molecule has 2 rings (SSSR count). The molecule has 3 nitrogen and oxygen atoms in total. The highest BCUT2D eigenvalue weighted by atomic mass is 19.4. The number of pyridine rings is 1. The predicted octanol–water partition coefficient (Wildman–Crippen LogP) is 9.17. The number of rotatable bonds is 11. The van der Waals surface area contributed by atoms with Gasteiger partial charge < -0.3 is 10.4 Å². The predicted molar refractivity (Wildman–Crippen MR) is 144 cm³/mol. The molecule has 0 fully saturated rings. The molecule has 2 aromatic rings. The number of nitrogens with one attached hydrogen (secondary N) is 1. The van der Waals surface area contributed by atoms with Gasteiger partial charge in [0.25, 0.3) is 0 Å². The number of allylic oxidation sites excluding steroid dienone is 2. The van der Waals surface area contributed by atoms with Gasteiger partial charge in [-0.25, -0.2) is 4.98 Å². The summed E-state index contributed by atoms with van der Waals surface area (Å²) in [7, 11) is 1.56. The monoisotopic (exact) mass is 494 g/mol. The quantitative estimate of drug-likeness (QED) is 0.306. The first kappa shape index (κ1) is 31.0. The lowest BCUT2D eigenvalue weighted by Gasteiger charge is -2.18. The summed E-state index contributed by atoms with van der Waals surface area (Å²) in [5.41, 5.74) is 2.98. The summed E-state index contributed by atoms with van der Waals surface area (Å²) < 4.78 is 40.6. The number of benzene rings is 1. The van der Waals surface area contributed by atoms with Crippen molar-refractivity contribution in [3.8, 4) is 0 Å². The molecule has 1 heterocycles. The highest BCUT2D eigenvalue weighted by Crippen LogP contribution is 2.40. The van der Waals surface area contributed by atoms with Crippen molar-refractivity contribution < 1.29 is 18.3 Å². The molecule has 35 heavy (non-hydrogen) atoms. The molecule has 6 heteroatoms. The number of anilines is 1. The van der Waals surface area contributed by atoms with Crippen molar-refractivity contribution >= 4 is 22.3 Å². The molecule has 0 amide bonds. The summed E-state index contributed by atoms with van der Waals surface area (Å²) in [6.07, 6.45) is 5.94. The van der Waals surface area contributed by atoms with E-state index in [0.717, 1.165) is 35.1 Å². The number of nitrogens with zero attached hydrogens (tertiary/aromatic N) is 1. The number of hydrogen-bond acceptors (Lipinski definition) is 3. The van der Waals surface area contributed by atoms with Gasteiger partial charge in [-0.1, -0.05) is 70.4 Å². The highest BCUT2D eigenvalue weighted by Gasteiger charge is 2.35. The van der Waals surface area contributed by atoms with Gasteiger partial charge in [0.2, 0.25) is 0 Å². The Balaban J connectivity index is 0.000000405. The summed E-state index contributed by atoms with van der Waals surface area (Å²) in [4.78, 5) is 4.28. The second kappa shape index (κ2) is 15.1. The fourth-order valence-electron chi connectivity index (χ4n) is 4.03. The van der Waals surface area contributed by atoms with Gasteiger partial charge in [-0.05, 0) is 68.9 Å². The lowest BCUT2D eigenvalue weighted by atomic mass is 9.91. The van der Waals surface area contributed by atoms with Gasteiger partial charge in [-0.15, -0.1) is 0 Å². The van der Waals surface area contributed by atoms with Crippen molar-refractivity contribution in [1.29, 1.82) is 0 Å². The van der Waals surface area contributed by atoms with Crippen LogP contribution in [0.25, 0.3) is 16.5 Å². The van der Waals surface area contributed by atoms with Gasteiger partial charge in [0, 0.05) is 19.0 Å². The topological polar surface area (TPSA) is 45.1 Å². The molecular weight excluding hydrogens is 449 g/mol. The SMILES string of the molecule is CCC(C)CCCCCCCCO.CNc1cc(C(F)(F)F)c2c(C(C)=C(C)C)c(C)ccc2n1. The molecule has 1 aromatic carbocycles. The number of aliphatic hydroxyl groups excluding tert-OH is 1. The van der Waals surface area contributed by atoms with E-state index in [1.807, 2.05) is 33.8 Å². The minimum absolute atomic E-state index is 0.171. The van der Waals surface area contributed by atoms with Gasteiger partial charge in [-0.3, -0.25) is 0 Å². The largest absolute Gasteiger partial charge is 0.417 e. The maximum Gasteiger partial charge on any atom is 0.417 e. The minimum atomic E-state index is -4.43. The fourth-order valence-corrected chi connectivity index (χ4v) is 4.03. The van der Waals surface area contributed by atoms with Gasteiger partial charge >= 0.3 is 6.18 Å². The zero-order valence-electron chi connectivity index (χ0n) is 22.7. The number of aryl methyl sites for hydroxylation is 1. The summed E-state index contributed by atoms with van der Waals surface area (Å²) in [5.74, 6) is 1.13. The van der Waals surface area contributed by atoms with Crippen LogP contribution in [0.1, 0.15) is 103 Å². The lowest BCUT2D eigenvalue weighted by molar-refractivity contribution is -0.136. The Labute approximate surface area is 210 Å². The third kappa shape index (κ3) is 9.83. The van der Waals surface area contributed by atoms with E-state index in [4.69, 9.17) is 5.11 Å². The molecule has 0 aliphatic carbocycles. The third-order valence-electron chi connectivity index (χ3n) is 6.67. The number of halogens is 3. The van der Waals surface area contributed by atoms with Crippen LogP contribution in [0.15, 0.2) is 23.8 Å². The van der Waals surface area contributed by atoms with Crippen LogP contribution in [0, 0.1) is 12.8 Å². The molecule has 0 aliphatic heterocycles. The minimum Gasteiger partial charge on any atom is -0.396 e. The molecule has 0 radical (unpaired) electrons. The molecule has 0 aliphatic rings. The fraction of sp³-hybridized carbons (Fsp3) is 0.621. The first-order chi connectivity index (χ1) is 16.5. The zero-order chi connectivity index (χ0) is 26.6. The van der Waals surface area contributed by atoms with Crippen LogP contribution in [0.4, 0.5) is 19.0 Å². The highest BCUT2D eigenvalue weighted by molar-refractivity contribution is 5.97. The number of hydrogen-bond donors (Lipinski definition) is 2. The second-order valence-corrected chi connectivity index (χ2v) is 9.73. The Hall–Kier alpha value is -2.08. The summed E-state index contributed by atoms with van der Waals surface area (Å²) >= 11 is 0. The maximum atomic E-state index is 13.5. The Kier molecular flexibility index (Phi) is 13.4. The normalized spacial score (nSPS) is 12.2. The van der Waals surface area contributed by atoms with Gasteiger partial charge in [-0.2, -0.15) is 13.2 Å². The number of alkyl halides is 3. The molecule has 0 saturated heterocycles. The second-order valence-electron chi connectivity index (χ2n) is 9.73. The summed E-state index contributed by atoms with van der Waals surface area (Å²) in [5, 5.41) is 11.4. The average molecular weight is 495 g/mol. The van der Waals surface area contributed by atoms with E-state index in [9.17, 15) is 13.2 Å². The van der Waals surface area contributed by atoms with Crippen LogP contribution in [0.3, 0.4) is 0 Å². The molecule has 198 valence electrons. The standard InChI is InChI=1S/C17H19F3N2.C12H26O/c1-9(2)11(4)15-10(3)6-7-13-16(15)12(17(18,19)20)8-14(21-5)22-13;1-3-12(2)10-8-6-4-5-7-9-11-13/h6-8H,1-5H3,(H,21,22);12-13H,3-11H2,1-2H3. The van der Waals surface area contributed by atoms with Crippen LogP contribution in [0.2, 0.25) is 0 Å². The number of aliphatic hydroxyl groups is 1. The van der Waals surface area contributed by atoms with Gasteiger partial charge in [0.1, 0.15) is 5.82 Å².